The first-order valence-electron chi connectivity index (χ1n) is 20.1. The maximum absolute atomic E-state index is 7.15. The van der Waals surface area contributed by atoms with Crippen LogP contribution in [0.25, 0.3) is 0 Å². The number of aryl methyl sites for hydroxylation is 2. The Bertz CT molecular complexity index is 1100. The first kappa shape index (κ1) is 37.7. The average Bonchev–Trinajstić information content (AvgIpc) is 3.09. The Morgan fingerprint density at radius 3 is 1.23 bits per heavy atom. The van der Waals surface area contributed by atoms with Gasteiger partial charge < -0.3 is 4.74 Å². The maximum atomic E-state index is 7.15. The van der Waals surface area contributed by atoms with E-state index in [2.05, 4.69) is 102 Å². The lowest BCUT2D eigenvalue weighted by Gasteiger charge is -2.36. The fourth-order valence-corrected chi connectivity index (χ4v) is 8.11. The number of unbranched alkanes of at least 4 members (excludes halogenated alkanes) is 8. The molecule has 47 heavy (non-hydrogen) atoms. The number of benzene rings is 2. The van der Waals surface area contributed by atoms with Crippen LogP contribution < -0.4 is 0 Å². The van der Waals surface area contributed by atoms with E-state index in [-0.39, 0.29) is 12.2 Å². The molecule has 0 amide bonds. The van der Waals surface area contributed by atoms with Gasteiger partial charge in [-0.2, -0.15) is 0 Å². The smallest absolute Gasteiger partial charge is 0.0816 e. The van der Waals surface area contributed by atoms with Crippen molar-refractivity contribution >= 4 is 0 Å². The molecule has 0 N–H and O–H groups in total. The van der Waals surface area contributed by atoms with E-state index < -0.39 is 0 Å². The minimum Gasteiger partial charge on any atom is -0.366 e. The van der Waals surface area contributed by atoms with Crippen LogP contribution in [-0.4, -0.2) is 12.2 Å². The lowest BCUT2D eigenvalue weighted by molar-refractivity contribution is -0.0228. The van der Waals surface area contributed by atoms with Crippen molar-refractivity contribution in [2.75, 3.05) is 0 Å². The molecule has 0 bridgehead atoms. The van der Waals surface area contributed by atoms with Gasteiger partial charge in [0.1, 0.15) is 0 Å². The van der Waals surface area contributed by atoms with Gasteiger partial charge in [-0.3, -0.25) is 0 Å². The van der Waals surface area contributed by atoms with Crippen LogP contribution in [0.2, 0.25) is 0 Å². The molecule has 2 aliphatic carbocycles. The second-order valence-corrected chi connectivity index (χ2v) is 15.8. The number of rotatable bonds is 20. The third-order valence-electron chi connectivity index (χ3n) is 11.2. The summed E-state index contributed by atoms with van der Waals surface area (Å²) in [5.41, 5.74) is 9.16. The van der Waals surface area contributed by atoms with E-state index in [0.717, 1.165) is 25.7 Å². The Morgan fingerprint density at radius 2 is 0.915 bits per heavy atom. The molecule has 0 saturated heterocycles. The fraction of sp³-hybridized carbons (Fsp3) is 0.652. The van der Waals surface area contributed by atoms with Crippen molar-refractivity contribution < 1.29 is 4.74 Å². The molecule has 0 heterocycles. The lowest BCUT2D eigenvalue weighted by atomic mass is 9.80. The van der Waals surface area contributed by atoms with Gasteiger partial charge in [0.15, 0.2) is 0 Å². The molecule has 0 aliphatic heterocycles. The van der Waals surface area contributed by atoms with Crippen molar-refractivity contribution in [3.8, 4) is 0 Å². The Balaban J connectivity index is 1.30. The molecule has 1 nitrogen and oxygen atoms in total. The van der Waals surface area contributed by atoms with Gasteiger partial charge >= 0.3 is 0 Å². The molecule has 260 valence electrons. The van der Waals surface area contributed by atoms with Crippen LogP contribution in [0.5, 0.6) is 0 Å². The quantitative estimate of drug-likeness (QED) is 0.104. The molecule has 0 spiro atoms. The summed E-state index contributed by atoms with van der Waals surface area (Å²) in [5, 5.41) is 0. The summed E-state index contributed by atoms with van der Waals surface area (Å²) in [6, 6.07) is 19.3. The van der Waals surface area contributed by atoms with Gasteiger partial charge in [-0.05, 0) is 121 Å². The zero-order valence-corrected chi connectivity index (χ0v) is 31.4. The minimum atomic E-state index is 0.214. The minimum absolute atomic E-state index is 0.214. The van der Waals surface area contributed by atoms with E-state index in [1.807, 2.05) is 0 Å². The van der Waals surface area contributed by atoms with Crippen molar-refractivity contribution in [3.63, 3.8) is 0 Å². The largest absolute Gasteiger partial charge is 0.366 e. The Hall–Kier alpha value is -2.12. The Labute approximate surface area is 291 Å². The summed E-state index contributed by atoms with van der Waals surface area (Å²) < 4.78 is 7.15. The summed E-state index contributed by atoms with van der Waals surface area (Å²) in [6.07, 6.45) is 28.6. The number of hydrogen-bond acceptors (Lipinski definition) is 1. The summed E-state index contributed by atoms with van der Waals surface area (Å²) in [5.74, 6) is 2.25. The third-order valence-corrected chi connectivity index (χ3v) is 11.2. The lowest BCUT2D eigenvalue weighted by Crippen LogP contribution is -2.34. The zero-order chi connectivity index (χ0) is 33.4. The summed E-state index contributed by atoms with van der Waals surface area (Å²) >= 11 is 0. The van der Waals surface area contributed by atoms with Crippen molar-refractivity contribution in [2.45, 2.75) is 181 Å². The summed E-state index contributed by atoms with van der Waals surface area (Å²) in [7, 11) is 0. The highest BCUT2D eigenvalue weighted by molar-refractivity contribution is 5.30. The molecule has 4 rings (SSSR count). The van der Waals surface area contributed by atoms with E-state index in [1.165, 1.54) is 112 Å². The summed E-state index contributed by atoms with van der Waals surface area (Å²) in [4.78, 5) is 0. The predicted molar refractivity (Wildman–Crippen MR) is 205 cm³/mol. The number of hydrogen-bond donors (Lipinski definition) is 0. The van der Waals surface area contributed by atoms with Gasteiger partial charge in [-0.15, -0.1) is 0 Å². The van der Waals surface area contributed by atoms with Crippen molar-refractivity contribution in [2.24, 2.45) is 11.8 Å². The predicted octanol–water partition coefficient (Wildman–Crippen LogP) is 13.9. The van der Waals surface area contributed by atoms with Crippen molar-refractivity contribution in [1.82, 2.24) is 0 Å². The van der Waals surface area contributed by atoms with E-state index in [0.29, 0.717) is 23.7 Å². The van der Waals surface area contributed by atoms with E-state index in [9.17, 15) is 0 Å². The molecule has 0 radical (unpaired) electrons. The molecule has 2 aromatic rings. The first-order valence-corrected chi connectivity index (χ1v) is 20.1. The second kappa shape index (κ2) is 20.4. The molecule has 4 atom stereocenters. The van der Waals surface area contributed by atoms with Crippen molar-refractivity contribution in [3.05, 3.63) is 94.1 Å². The Kier molecular flexibility index (Phi) is 16.4. The summed E-state index contributed by atoms with van der Waals surface area (Å²) in [6.45, 7) is 14.0. The Morgan fingerprint density at radius 1 is 0.532 bits per heavy atom. The highest BCUT2D eigenvalue weighted by Crippen LogP contribution is 2.39. The number of ether oxygens (including phenoxy) is 1. The van der Waals surface area contributed by atoms with Crippen LogP contribution in [0.1, 0.15) is 178 Å². The van der Waals surface area contributed by atoms with Crippen LogP contribution in [-0.2, 0) is 17.6 Å². The van der Waals surface area contributed by atoms with E-state index >= 15 is 0 Å². The average molecular weight is 639 g/mol. The van der Waals surface area contributed by atoms with Crippen LogP contribution >= 0.6 is 0 Å². The highest BCUT2D eigenvalue weighted by atomic mass is 16.5. The molecule has 4 unspecified atom stereocenters. The molecule has 2 aliphatic rings. The van der Waals surface area contributed by atoms with Crippen LogP contribution in [0.3, 0.4) is 0 Å². The van der Waals surface area contributed by atoms with Gasteiger partial charge in [0.2, 0.25) is 0 Å². The SMILES string of the molecule is CCCCCCCc1ccc(C2CC=C(C(OC(C3=CCC(c4ccc(CCCCCCC)cc4)CC3)C(C)C)C(C)C)CC2)cc1. The van der Waals surface area contributed by atoms with Gasteiger partial charge in [0, 0.05) is 0 Å². The molecular formula is C46H70O. The van der Waals surface area contributed by atoms with Gasteiger partial charge in [0.05, 0.1) is 12.2 Å². The van der Waals surface area contributed by atoms with Gasteiger partial charge in [-0.1, -0.05) is 154 Å². The first-order chi connectivity index (χ1) is 22.9. The van der Waals surface area contributed by atoms with E-state index in [1.54, 1.807) is 11.1 Å². The van der Waals surface area contributed by atoms with Crippen LogP contribution in [0, 0.1) is 11.8 Å². The molecule has 0 saturated carbocycles. The molecule has 2 aromatic carbocycles. The van der Waals surface area contributed by atoms with Crippen LogP contribution in [0.4, 0.5) is 0 Å². The molecular weight excluding hydrogens is 569 g/mol. The van der Waals surface area contributed by atoms with E-state index in [4.69, 9.17) is 4.74 Å². The normalized spacial score (nSPS) is 19.9. The standard InChI is InChI=1S/C46H70O/c1-7-9-11-13-15-17-37-19-23-39(24-20-37)41-27-31-43(32-28-41)45(35(3)4)47-46(36(5)6)44-33-29-42(30-34-44)40-25-21-38(22-26-40)18-16-14-12-10-8-2/h19-26,31,33,35-36,41-42,45-46H,7-18,27-30,32,34H2,1-6H3. The van der Waals surface area contributed by atoms with Gasteiger partial charge in [0.25, 0.3) is 0 Å². The third kappa shape index (κ3) is 12.1. The zero-order valence-electron chi connectivity index (χ0n) is 31.4. The molecule has 1 heteroatoms. The molecule has 0 aromatic heterocycles. The number of allylic oxidation sites excluding steroid dienone is 2. The second-order valence-electron chi connectivity index (χ2n) is 15.8. The highest BCUT2D eigenvalue weighted by Gasteiger charge is 2.31. The van der Waals surface area contributed by atoms with Gasteiger partial charge in [-0.25, -0.2) is 0 Å². The van der Waals surface area contributed by atoms with Crippen molar-refractivity contribution in [1.29, 1.82) is 0 Å². The fourth-order valence-electron chi connectivity index (χ4n) is 8.11. The maximum Gasteiger partial charge on any atom is 0.0816 e. The monoisotopic (exact) mass is 639 g/mol. The van der Waals surface area contributed by atoms with Crippen LogP contribution in [0.15, 0.2) is 71.8 Å². The topological polar surface area (TPSA) is 9.23 Å². The molecule has 0 fully saturated rings.